The third-order valence-electron chi connectivity index (χ3n) is 4.27. The minimum atomic E-state index is -3.31. The SMILES string of the molecule is CNC1CCN(S(=O)(=O)c2ccc3c(c2)CCC3)C1.Cl. The van der Waals surface area contributed by atoms with E-state index >= 15 is 0 Å². The summed E-state index contributed by atoms with van der Waals surface area (Å²) >= 11 is 0. The Bertz CT molecular complexity index is 589. The van der Waals surface area contributed by atoms with Crippen molar-refractivity contribution in [3.8, 4) is 0 Å². The summed E-state index contributed by atoms with van der Waals surface area (Å²) in [6.07, 6.45) is 4.13. The Balaban J connectivity index is 0.00000147. The summed E-state index contributed by atoms with van der Waals surface area (Å²) in [6.45, 7) is 1.20. The number of fused-ring (bicyclic) bond motifs is 1. The molecule has 0 saturated carbocycles. The number of hydrogen-bond donors (Lipinski definition) is 1. The molecule has 20 heavy (non-hydrogen) atoms. The second-order valence-electron chi connectivity index (χ2n) is 5.42. The summed E-state index contributed by atoms with van der Waals surface area (Å²) in [5.41, 5.74) is 2.53. The van der Waals surface area contributed by atoms with Crippen molar-refractivity contribution in [3.05, 3.63) is 29.3 Å². The van der Waals surface area contributed by atoms with Gasteiger partial charge in [-0.25, -0.2) is 8.42 Å². The van der Waals surface area contributed by atoms with Crippen molar-refractivity contribution >= 4 is 22.4 Å². The van der Waals surface area contributed by atoms with Crippen LogP contribution in [0.1, 0.15) is 24.0 Å². The van der Waals surface area contributed by atoms with E-state index in [1.807, 2.05) is 19.2 Å². The Morgan fingerprint density at radius 3 is 2.70 bits per heavy atom. The Kier molecular flexibility index (Phi) is 4.74. The number of nitrogens with one attached hydrogen (secondary N) is 1. The fourth-order valence-corrected chi connectivity index (χ4v) is 4.59. The second-order valence-corrected chi connectivity index (χ2v) is 7.36. The summed E-state index contributed by atoms with van der Waals surface area (Å²) < 4.78 is 26.8. The molecule has 1 atom stereocenters. The highest BCUT2D eigenvalue weighted by molar-refractivity contribution is 7.89. The number of sulfonamides is 1. The van der Waals surface area contributed by atoms with Gasteiger partial charge in [0, 0.05) is 19.1 Å². The summed E-state index contributed by atoms with van der Waals surface area (Å²) in [5, 5.41) is 3.15. The van der Waals surface area contributed by atoms with E-state index in [2.05, 4.69) is 5.32 Å². The van der Waals surface area contributed by atoms with Crippen LogP contribution in [0.2, 0.25) is 0 Å². The second kappa shape index (κ2) is 6.02. The molecule has 4 nitrogen and oxygen atoms in total. The van der Waals surface area contributed by atoms with E-state index in [9.17, 15) is 8.42 Å². The first-order chi connectivity index (χ1) is 9.11. The molecule has 1 aliphatic carbocycles. The zero-order valence-electron chi connectivity index (χ0n) is 11.6. The zero-order chi connectivity index (χ0) is 13.5. The van der Waals surface area contributed by atoms with Gasteiger partial charge in [-0.3, -0.25) is 0 Å². The van der Waals surface area contributed by atoms with Crippen molar-refractivity contribution in [2.45, 2.75) is 36.6 Å². The first-order valence-corrected chi connectivity index (χ1v) is 8.34. The lowest BCUT2D eigenvalue weighted by atomic mass is 10.1. The molecule has 0 aromatic heterocycles. The van der Waals surface area contributed by atoms with Crippen molar-refractivity contribution in [2.24, 2.45) is 0 Å². The van der Waals surface area contributed by atoms with Crippen LogP contribution >= 0.6 is 12.4 Å². The average Bonchev–Trinajstić information content (AvgIpc) is 3.06. The van der Waals surface area contributed by atoms with E-state index in [1.165, 1.54) is 11.1 Å². The molecule has 3 rings (SSSR count). The molecule has 1 aromatic rings. The van der Waals surface area contributed by atoms with Crippen LogP contribution in [0.5, 0.6) is 0 Å². The Hall–Kier alpha value is -0.620. The Morgan fingerprint density at radius 2 is 2.00 bits per heavy atom. The molecule has 1 N–H and O–H groups in total. The number of halogens is 1. The first-order valence-electron chi connectivity index (χ1n) is 6.90. The topological polar surface area (TPSA) is 49.4 Å². The van der Waals surface area contributed by atoms with Gasteiger partial charge in [-0.1, -0.05) is 6.07 Å². The molecular formula is C14H21ClN2O2S. The largest absolute Gasteiger partial charge is 0.316 e. The van der Waals surface area contributed by atoms with E-state index in [4.69, 9.17) is 0 Å². The normalized spacial score (nSPS) is 22.6. The number of likely N-dealkylation sites (N-methyl/N-ethyl adjacent to an activating group) is 1. The summed E-state index contributed by atoms with van der Waals surface area (Å²) in [5.74, 6) is 0. The Labute approximate surface area is 127 Å². The van der Waals surface area contributed by atoms with E-state index in [0.29, 0.717) is 18.0 Å². The van der Waals surface area contributed by atoms with E-state index in [1.54, 1.807) is 10.4 Å². The van der Waals surface area contributed by atoms with Crippen molar-refractivity contribution in [2.75, 3.05) is 20.1 Å². The molecule has 2 aliphatic rings. The summed E-state index contributed by atoms with van der Waals surface area (Å²) in [6, 6.07) is 5.92. The quantitative estimate of drug-likeness (QED) is 0.921. The summed E-state index contributed by atoms with van der Waals surface area (Å²) in [4.78, 5) is 0.463. The van der Waals surface area contributed by atoms with Crippen LogP contribution in [0, 0.1) is 0 Å². The molecule has 1 aromatic carbocycles. The maximum Gasteiger partial charge on any atom is 0.243 e. The number of benzene rings is 1. The fraction of sp³-hybridized carbons (Fsp3) is 0.571. The van der Waals surface area contributed by atoms with Gasteiger partial charge in [0.15, 0.2) is 0 Å². The van der Waals surface area contributed by atoms with Crippen molar-refractivity contribution in [1.82, 2.24) is 9.62 Å². The van der Waals surface area contributed by atoms with Gasteiger partial charge < -0.3 is 5.32 Å². The zero-order valence-corrected chi connectivity index (χ0v) is 13.3. The molecule has 112 valence electrons. The molecule has 1 heterocycles. The van der Waals surface area contributed by atoms with Crippen LogP contribution in [0.3, 0.4) is 0 Å². The standard InChI is InChI=1S/C14H20N2O2S.ClH/c1-15-13-7-8-16(10-13)19(17,18)14-6-5-11-3-2-4-12(11)9-14;/h5-6,9,13,15H,2-4,7-8,10H2,1H3;1H. The van der Waals surface area contributed by atoms with E-state index in [-0.39, 0.29) is 18.4 Å². The van der Waals surface area contributed by atoms with Crippen LogP contribution < -0.4 is 5.32 Å². The average molecular weight is 317 g/mol. The third kappa shape index (κ3) is 2.72. The van der Waals surface area contributed by atoms with Gasteiger partial charge in [-0.2, -0.15) is 4.31 Å². The van der Waals surface area contributed by atoms with Gasteiger partial charge in [0.1, 0.15) is 0 Å². The first kappa shape index (κ1) is 15.8. The van der Waals surface area contributed by atoms with Crippen LogP contribution in [0.15, 0.2) is 23.1 Å². The molecular weight excluding hydrogens is 296 g/mol. The van der Waals surface area contributed by atoms with Crippen molar-refractivity contribution < 1.29 is 8.42 Å². The maximum absolute atomic E-state index is 12.6. The van der Waals surface area contributed by atoms with Gasteiger partial charge in [0.2, 0.25) is 10.0 Å². The Morgan fingerprint density at radius 1 is 1.25 bits per heavy atom. The number of rotatable bonds is 3. The summed E-state index contributed by atoms with van der Waals surface area (Å²) in [7, 11) is -1.42. The van der Waals surface area contributed by atoms with Gasteiger partial charge in [0.05, 0.1) is 4.90 Å². The molecule has 0 amide bonds. The lowest BCUT2D eigenvalue weighted by Gasteiger charge is -2.17. The third-order valence-corrected chi connectivity index (χ3v) is 6.13. The smallest absolute Gasteiger partial charge is 0.243 e. The molecule has 0 bridgehead atoms. The van der Waals surface area contributed by atoms with Gasteiger partial charge in [-0.05, 0) is 56.0 Å². The van der Waals surface area contributed by atoms with Gasteiger partial charge in [-0.15, -0.1) is 12.4 Å². The van der Waals surface area contributed by atoms with E-state index < -0.39 is 10.0 Å². The minimum absolute atomic E-state index is 0. The van der Waals surface area contributed by atoms with Crippen molar-refractivity contribution in [1.29, 1.82) is 0 Å². The molecule has 1 aliphatic heterocycles. The molecule has 1 fully saturated rings. The van der Waals surface area contributed by atoms with Gasteiger partial charge >= 0.3 is 0 Å². The number of aryl methyl sites for hydroxylation is 2. The molecule has 1 unspecified atom stereocenters. The highest BCUT2D eigenvalue weighted by Gasteiger charge is 2.32. The lowest BCUT2D eigenvalue weighted by Crippen LogP contribution is -2.33. The van der Waals surface area contributed by atoms with Crippen LogP contribution in [0.4, 0.5) is 0 Å². The highest BCUT2D eigenvalue weighted by Crippen LogP contribution is 2.27. The predicted molar refractivity (Wildman–Crippen MR) is 81.9 cm³/mol. The van der Waals surface area contributed by atoms with Crippen LogP contribution in [0.25, 0.3) is 0 Å². The van der Waals surface area contributed by atoms with Crippen LogP contribution in [-0.2, 0) is 22.9 Å². The lowest BCUT2D eigenvalue weighted by molar-refractivity contribution is 0.464. The van der Waals surface area contributed by atoms with Crippen molar-refractivity contribution in [3.63, 3.8) is 0 Å². The fourth-order valence-electron chi connectivity index (χ4n) is 3.04. The maximum atomic E-state index is 12.6. The molecule has 0 radical (unpaired) electrons. The van der Waals surface area contributed by atoms with Crippen LogP contribution in [-0.4, -0.2) is 38.9 Å². The predicted octanol–water partition coefficient (Wildman–Crippen LogP) is 1.58. The van der Waals surface area contributed by atoms with Gasteiger partial charge in [0.25, 0.3) is 0 Å². The number of nitrogens with zero attached hydrogens (tertiary/aromatic N) is 1. The highest BCUT2D eigenvalue weighted by atomic mass is 35.5. The molecule has 6 heteroatoms. The van der Waals surface area contributed by atoms with E-state index in [0.717, 1.165) is 25.7 Å². The molecule has 0 spiro atoms. The molecule has 1 saturated heterocycles. The monoisotopic (exact) mass is 316 g/mol. The minimum Gasteiger partial charge on any atom is -0.316 e. The number of hydrogen-bond acceptors (Lipinski definition) is 3.